The summed E-state index contributed by atoms with van der Waals surface area (Å²) in [6.45, 7) is 4.21. The number of carbonyl (C=O) groups is 1. The molecule has 2 N–H and O–H groups in total. The van der Waals surface area contributed by atoms with Crippen molar-refractivity contribution in [3.8, 4) is 0 Å². The Labute approximate surface area is 145 Å². The van der Waals surface area contributed by atoms with E-state index in [1.54, 1.807) is 0 Å². The number of amides is 1. The standard InChI is InChI=1S/C18H28N2O3S/c1-3-4-6-9-16(2)20-18(21)12-14-19-24(22,23)15-13-17-10-7-5-8-11-17/h5,7-8,10-11,13,15-16,19H,3-4,6,9,12,14H2,1-2H3,(H,20,21)/b15-13+/t16-/m0/s1. The third kappa shape index (κ3) is 9.47. The highest BCUT2D eigenvalue weighted by atomic mass is 32.2. The molecule has 0 unspecified atom stereocenters. The lowest BCUT2D eigenvalue weighted by atomic mass is 10.1. The Morgan fingerprint density at radius 3 is 2.58 bits per heavy atom. The summed E-state index contributed by atoms with van der Waals surface area (Å²) in [5.74, 6) is -0.131. The number of nitrogens with one attached hydrogen (secondary N) is 2. The number of sulfonamides is 1. The minimum Gasteiger partial charge on any atom is -0.354 e. The van der Waals surface area contributed by atoms with E-state index in [9.17, 15) is 13.2 Å². The van der Waals surface area contributed by atoms with Gasteiger partial charge in [0.15, 0.2) is 0 Å². The molecule has 0 aliphatic rings. The molecule has 0 bridgehead atoms. The van der Waals surface area contributed by atoms with Gasteiger partial charge < -0.3 is 5.32 Å². The number of hydrogen-bond donors (Lipinski definition) is 2. The molecule has 0 aliphatic heterocycles. The summed E-state index contributed by atoms with van der Waals surface area (Å²) < 4.78 is 26.1. The van der Waals surface area contributed by atoms with Gasteiger partial charge >= 0.3 is 0 Å². The van der Waals surface area contributed by atoms with Crippen molar-refractivity contribution in [3.63, 3.8) is 0 Å². The molecule has 1 aromatic carbocycles. The third-order valence-corrected chi connectivity index (χ3v) is 4.64. The third-order valence-electron chi connectivity index (χ3n) is 3.54. The van der Waals surface area contributed by atoms with Gasteiger partial charge in [-0.25, -0.2) is 13.1 Å². The van der Waals surface area contributed by atoms with E-state index >= 15 is 0 Å². The summed E-state index contributed by atoms with van der Waals surface area (Å²) >= 11 is 0. The first-order chi connectivity index (χ1) is 11.4. The van der Waals surface area contributed by atoms with Crippen LogP contribution in [0.15, 0.2) is 35.7 Å². The van der Waals surface area contributed by atoms with Crippen molar-refractivity contribution in [2.24, 2.45) is 0 Å². The number of carbonyl (C=O) groups excluding carboxylic acids is 1. The maximum atomic E-state index is 11.9. The minimum absolute atomic E-state index is 0.0922. The lowest BCUT2D eigenvalue weighted by Crippen LogP contribution is -2.35. The molecular weight excluding hydrogens is 324 g/mol. The van der Waals surface area contributed by atoms with Gasteiger partial charge in [0.2, 0.25) is 15.9 Å². The zero-order valence-corrected chi connectivity index (χ0v) is 15.3. The van der Waals surface area contributed by atoms with Gasteiger partial charge in [-0.2, -0.15) is 0 Å². The highest BCUT2D eigenvalue weighted by molar-refractivity contribution is 7.92. The molecule has 0 aliphatic carbocycles. The maximum absolute atomic E-state index is 11.9. The van der Waals surface area contributed by atoms with E-state index in [4.69, 9.17) is 0 Å². The zero-order chi connectivity index (χ0) is 17.8. The van der Waals surface area contributed by atoms with Crippen LogP contribution >= 0.6 is 0 Å². The van der Waals surface area contributed by atoms with Gasteiger partial charge in [-0.1, -0.05) is 56.5 Å². The first-order valence-electron chi connectivity index (χ1n) is 8.45. The van der Waals surface area contributed by atoms with Crippen molar-refractivity contribution in [2.75, 3.05) is 6.54 Å². The second-order valence-electron chi connectivity index (χ2n) is 5.87. The molecule has 0 heterocycles. The molecular formula is C18H28N2O3S. The first-order valence-corrected chi connectivity index (χ1v) is 9.99. The first kappa shape index (κ1) is 20.4. The molecule has 0 radical (unpaired) electrons. The second kappa shape index (κ2) is 11.0. The average Bonchev–Trinajstić information content (AvgIpc) is 2.54. The molecule has 1 amide bonds. The van der Waals surface area contributed by atoms with Crippen molar-refractivity contribution < 1.29 is 13.2 Å². The van der Waals surface area contributed by atoms with E-state index in [1.807, 2.05) is 37.3 Å². The van der Waals surface area contributed by atoms with Crippen LogP contribution in [0.25, 0.3) is 6.08 Å². The fourth-order valence-electron chi connectivity index (χ4n) is 2.21. The Bertz CT molecular complexity index is 612. The molecule has 6 heteroatoms. The number of benzene rings is 1. The molecule has 0 saturated heterocycles. The second-order valence-corrected chi connectivity index (χ2v) is 7.52. The van der Waals surface area contributed by atoms with Gasteiger partial charge in [0.1, 0.15) is 0 Å². The summed E-state index contributed by atoms with van der Waals surface area (Å²) in [5, 5.41) is 4.01. The van der Waals surface area contributed by atoms with Crippen molar-refractivity contribution in [2.45, 2.75) is 52.0 Å². The largest absolute Gasteiger partial charge is 0.354 e. The molecule has 1 rings (SSSR count). The van der Waals surface area contributed by atoms with E-state index in [-0.39, 0.29) is 24.9 Å². The smallest absolute Gasteiger partial charge is 0.233 e. The molecule has 134 valence electrons. The number of unbranched alkanes of at least 4 members (excludes halogenated alkanes) is 2. The van der Waals surface area contributed by atoms with Gasteiger partial charge in [0.05, 0.1) is 0 Å². The van der Waals surface area contributed by atoms with Crippen LogP contribution in [0.5, 0.6) is 0 Å². The van der Waals surface area contributed by atoms with E-state index in [0.29, 0.717) is 0 Å². The van der Waals surface area contributed by atoms with Crippen LogP contribution < -0.4 is 10.0 Å². The highest BCUT2D eigenvalue weighted by Crippen LogP contribution is 2.04. The molecule has 0 spiro atoms. The van der Waals surface area contributed by atoms with Crippen molar-refractivity contribution in [1.82, 2.24) is 10.0 Å². The Balaban J connectivity index is 2.30. The summed E-state index contributed by atoms with van der Waals surface area (Å²) in [5.41, 5.74) is 0.807. The van der Waals surface area contributed by atoms with Crippen LogP contribution in [-0.2, 0) is 14.8 Å². The van der Waals surface area contributed by atoms with E-state index in [1.165, 1.54) is 6.08 Å². The van der Waals surface area contributed by atoms with Crippen molar-refractivity contribution >= 4 is 22.0 Å². The molecule has 0 aromatic heterocycles. The summed E-state index contributed by atoms with van der Waals surface area (Å²) in [4.78, 5) is 11.8. The Morgan fingerprint density at radius 1 is 1.21 bits per heavy atom. The van der Waals surface area contributed by atoms with Gasteiger partial charge in [0, 0.05) is 24.4 Å². The lowest BCUT2D eigenvalue weighted by Gasteiger charge is -2.13. The van der Waals surface area contributed by atoms with Gasteiger partial charge in [-0.15, -0.1) is 0 Å². The minimum atomic E-state index is -3.53. The predicted octanol–water partition coefficient (Wildman–Crippen LogP) is 3.05. The van der Waals surface area contributed by atoms with Crippen molar-refractivity contribution in [3.05, 3.63) is 41.3 Å². The maximum Gasteiger partial charge on any atom is 0.233 e. The van der Waals surface area contributed by atoms with Crippen LogP contribution in [0.1, 0.15) is 51.5 Å². The van der Waals surface area contributed by atoms with Gasteiger partial charge in [-0.05, 0) is 25.0 Å². The quantitative estimate of drug-likeness (QED) is 0.601. The fraction of sp³-hybridized carbons (Fsp3) is 0.500. The van der Waals surface area contributed by atoms with Crippen LogP contribution in [0.3, 0.4) is 0 Å². The average molecular weight is 352 g/mol. The van der Waals surface area contributed by atoms with E-state index < -0.39 is 10.0 Å². The Morgan fingerprint density at radius 2 is 1.92 bits per heavy atom. The lowest BCUT2D eigenvalue weighted by molar-refractivity contribution is -0.121. The van der Waals surface area contributed by atoms with Crippen LogP contribution in [-0.4, -0.2) is 26.9 Å². The van der Waals surface area contributed by atoms with E-state index in [0.717, 1.165) is 36.7 Å². The molecule has 0 saturated carbocycles. The normalized spacial score (nSPS) is 13.1. The SMILES string of the molecule is CCCCC[C@H](C)NC(=O)CCNS(=O)(=O)/C=C/c1ccccc1. The number of hydrogen-bond acceptors (Lipinski definition) is 3. The van der Waals surface area contributed by atoms with Crippen LogP contribution in [0.4, 0.5) is 0 Å². The molecule has 1 atom stereocenters. The highest BCUT2D eigenvalue weighted by Gasteiger charge is 2.09. The van der Waals surface area contributed by atoms with Crippen LogP contribution in [0, 0.1) is 0 Å². The number of rotatable bonds is 11. The monoisotopic (exact) mass is 352 g/mol. The molecule has 5 nitrogen and oxygen atoms in total. The molecule has 1 aromatic rings. The Kier molecular flexibility index (Phi) is 9.34. The Hall–Kier alpha value is -1.66. The summed E-state index contributed by atoms with van der Waals surface area (Å²) in [7, 11) is -3.53. The topological polar surface area (TPSA) is 75.3 Å². The van der Waals surface area contributed by atoms with Gasteiger partial charge in [-0.3, -0.25) is 4.79 Å². The summed E-state index contributed by atoms with van der Waals surface area (Å²) in [6.07, 6.45) is 6.02. The van der Waals surface area contributed by atoms with Crippen molar-refractivity contribution in [1.29, 1.82) is 0 Å². The van der Waals surface area contributed by atoms with Crippen LogP contribution in [0.2, 0.25) is 0 Å². The molecule has 0 fully saturated rings. The summed E-state index contributed by atoms with van der Waals surface area (Å²) in [6, 6.07) is 9.31. The zero-order valence-electron chi connectivity index (χ0n) is 14.5. The predicted molar refractivity (Wildman–Crippen MR) is 98.8 cm³/mol. The van der Waals surface area contributed by atoms with Gasteiger partial charge in [0.25, 0.3) is 0 Å². The fourth-order valence-corrected chi connectivity index (χ4v) is 3.03. The van der Waals surface area contributed by atoms with E-state index in [2.05, 4.69) is 17.0 Å². The molecule has 24 heavy (non-hydrogen) atoms.